The van der Waals surface area contributed by atoms with Gasteiger partial charge in [-0.05, 0) is 49.3 Å². The van der Waals surface area contributed by atoms with E-state index in [1.165, 1.54) is 5.56 Å². The van der Waals surface area contributed by atoms with Gasteiger partial charge in [-0.3, -0.25) is 9.59 Å². The summed E-state index contributed by atoms with van der Waals surface area (Å²) in [4.78, 5) is 23.8. The standard InChI is InChI=1S/C17H21NO3/c19-15(20)11-17(9-1-2-10-17)18-16(21)14-8-4-6-12-5-3-7-13(12)14/h4,6,8H,1-3,5,7,9-11H2,(H,18,21)(H,19,20). The zero-order valence-electron chi connectivity index (χ0n) is 12.2. The minimum atomic E-state index is -0.838. The Hall–Kier alpha value is -1.84. The number of nitrogens with one attached hydrogen (secondary N) is 1. The number of aliphatic carboxylic acids is 1. The zero-order valence-corrected chi connectivity index (χ0v) is 12.2. The lowest BCUT2D eigenvalue weighted by Crippen LogP contribution is -2.48. The number of carbonyl (C=O) groups excluding carboxylic acids is 1. The van der Waals surface area contributed by atoms with Gasteiger partial charge in [0.15, 0.2) is 0 Å². The third-order valence-corrected chi connectivity index (χ3v) is 4.82. The summed E-state index contributed by atoms with van der Waals surface area (Å²) in [6, 6.07) is 5.88. The maximum Gasteiger partial charge on any atom is 0.305 e. The quantitative estimate of drug-likeness (QED) is 0.894. The van der Waals surface area contributed by atoms with E-state index >= 15 is 0 Å². The molecule has 1 saturated carbocycles. The van der Waals surface area contributed by atoms with Gasteiger partial charge in [-0.15, -0.1) is 0 Å². The van der Waals surface area contributed by atoms with Crippen molar-refractivity contribution in [2.45, 2.75) is 56.9 Å². The van der Waals surface area contributed by atoms with Crippen LogP contribution in [0.15, 0.2) is 18.2 Å². The fourth-order valence-electron chi connectivity index (χ4n) is 3.83. The fraction of sp³-hybridized carbons (Fsp3) is 0.529. The first-order valence-electron chi connectivity index (χ1n) is 7.75. The molecule has 112 valence electrons. The number of aryl methyl sites for hydroxylation is 1. The summed E-state index contributed by atoms with van der Waals surface area (Å²) in [7, 11) is 0. The third-order valence-electron chi connectivity index (χ3n) is 4.82. The minimum absolute atomic E-state index is 0.0216. The Morgan fingerprint density at radius 1 is 1.14 bits per heavy atom. The predicted molar refractivity (Wildman–Crippen MR) is 79.4 cm³/mol. The van der Waals surface area contributed by atoms with Crippen molar-refractivity contribution in [1.29, 1.82) is 0 Å². The van der Waals surface area contributed by atoms with Gasteiger partial charge >= 0.3 is 5.97 Å². The van der Waals surface area contributed by atoms with Crippen LogP contribution in [0.5, 0.6) is 0 Å². The molecule has 0 atom stereocenters. The molecule has 0 spiro atoms. The Morgan fingerprint density at radius 3 is 2.62 bits per heavy atom. The Kier molecular flexibility index (Phi) is 3.70. The molecule has 1 fully saturated rings. The Morgan fingerprint density at radius 2 is 1.90 bits per heavy atom. The minimum Gasteiger partial charge on any atom is -0.481 e. The first kappa shape index (κ1) is 14.1. The van der Waals surface area contributed by atoms with Gasteiger partial charge in [0, 0.05) is 5.56 Å². The Bertz CT molecular complexity index is 573. The summed E-state index contributed by atoms with van der Waals surface area (Å²) in [5.74, 6) is -0.938. The van der Waals surface area contributed by atoms with E-state index in [9.17, 15) is 9.59 Å². The van der Waals surface area contributed by atoms with E-state index in [0.29, 0.717) is 0 Å². The highest BCUT2D eigenvalue weighted by Gasteiger charge is 2.38. The molecule has 0 saturated heterocycles. The monoisotopic (exact) mass is 287 g/mol. The van der Waals surface area contributed by atoms with E-state index in [1.807, 2.05) is 12.1 Å². The van der Waals surface area contributed by atoms with Crippen LogP contribution in [0.3, 0.4) is 0 Å². The van der Waals surface area contributed by atoms with Crippen LogP contribution >= 0.6 is 0 Å². The van der Waals surface area contributed by atoms with Crippen molar-refractivity contribution in [1.82, 2.24) is 5.32 Å². The normalized spacial score (nSPS) is 19.2. The molecular weight excluding hydrogens is 266 g/mol. The van der Waals surface area contributed by atoms with E-state index in [4.69, 9.17) is 5.11 Å². The Balaban J connectivity index is 1.82. The maximum absolute atomic E-state index is 12.6. The molecule has 0 aromatic heterocycles. The van der Waals surface area contributed by atoms with Crippen LogP contribution in [-0.2, 0) is 17.6 Å². The van der Waals surface area contributed by atoms with Gasteiger partial charge < -0.3 is 10.4 Å². The first-order chi connectivity index (χ1) is 10.1. The summed E-state index contributed by atoms with van der Waals surface area (Å²) in [5.41, 5.74) is 2.60. The largest absolute Gasteiger partial charge is 0.481 e. The van der Waals surface area contributed by atoms with Crippen LogP contribution in [-0.4, -0.2) is 22.5 Å². The number of fused-ring (bicyclic) bond motifs is 1. The zero-order chi connectivity index (χ0) is 14.9. The number of amides is 1. The number of carbonyl (C=O) groups is 2. The van der Waals surface area contributed by atoms with Crippen molar-refractivity contribution >= 4 is 11.9 Å². The van der Waals surface area contributed by atoms with Crippen LogP contribution in [0, 0.1) is 0 Å². The van der Waals surface area contributed by atoms with Crippen molar-refractivity contribution in [3.63, 3.8) is 0 Å². The van der Waals surface area contributed by atoms with E-state index < -0.39 is 11.5 Å². The molecule has 0 radical (unpaired) electrons. The summed E-state index contributed by atoms with van der Waals surface area (Å²) in [6.45, 7) is 0. The summed E-state index contributed by atoms with van der Waals surface area (Å²) < 4.78 is 0. The molecule has 4 nitrogen and oxygen atoms in total. The second-order valence-electron chi connectivity index (χ2n) is 6.31. The van der Waals surface area contributed by atoms with Crippen LogP contribution < -0.4 is 5.32 Å². The molecule has 3 rings (SSSR count). The molecule has 2 aliphatic rings. The van der Waals surface area contributed by atoms with Crippen molar-refractivity contribution in [2.24, 2.45) is 0 Å². The first-order valence-corrected chi connectivity index (χ1v) is 7.75. The number of carboxylic acid groups (broad SMARTS) is 1. The van der Waals surface area contributed by atoms with Crippen LogP contribution in [0.2, 0.25) is 0 Å². The van der Waals surface area contributed by atoms with Crippen LogP contribution in [0.4, 0.5) is 0 Å². The third kappa shape index (κ3) is 2.80. The highest BCUT2D eigenvalue weighted by atomic mass is 16.4. The fourth-order valence-corrected chi connectivity index (χ4v) is 3.83. The molecule has 21 heavy (non-hydrogen) atoms. The SMILES string of the molecule is O=C(O)CC1(NC(=O)c2cccc3c2CCC3)CCCC1. The number of carboxylic acids is 1. The number of benzene rings is 1. The van der Waals surface area contributed by atoms with Crippen molar-refractivity contribution < 1.29 is 14.7 Å². The van der Waals surface area contributed by atoms with Crippen LogP contribution in [0.1, 0.15) is 60.0 Å². The molecule has 0 unspecified atom stereocenters. The highest BCUT2D eigenvalue weighted by molar-refractivity contribution is 5.97. The number of hydrogen-bond acceptors (Lipinski definition) is 2. The lowest BCUT2D eigenvalue weighted by atomic mass is 9.92. The van der Waals surface area contributed by atoms with E-state index in [2.05, 4.69) is 11.4 Å². The second-order valence-corrected chi connectivity index (χ2v) is 6.31. The average Bonchev–Trinajstić information content (AvgIpc) is 3.06. The van der Waals surface area contributed by atoms with Gasteiger partial charge in [-0.1, -0.05) is 25.0 Å². The summed E-state index contributed by atoms with van der Waals surface area (Å²) >= 11 is 0. The highest BCUT2D eigenvalue weighted by Crippen LogP contribution is 2.33. The molecule has 1 amide bonds. The number of rotatable bonds is 4. The molecule has 0 bridgehead atoms. The topological polar surface area (TPSA) is 66.4 Å². The molecule has 0 heterocycles. The molecule has 2 N–H and O–H groups in total. The van der Waals surface area contributed by atoms with Gasteiger partial charge in [-0.25, -0.2) is 0 Å². The Labute approximate surface area is 124 Å². The smallest absolute Gasteiger partial charge is 0.305 e. The van der Waals surface area contributed by atoms with Crippen molar-refractivity contribution in [2.75, 3.05) is 0 Å². The van der Waals surface area contributed by atoms with Gasteiger partial charge in [-0.2, -0.15) is 0 Å². The van der Waals surface area contributed by atoms with Gasteiger partial charge in [0.05, 0.1) is 12.0 Å². The number of hydrogen-bond donors (Lipinski definition) is 2. The van der Waals surface area contributed by atoms with E-state index in [0.717, 1.165) is 56.1 Å². The predicted octanol–water partition coefficient (Wildman–Crippen LogP) is 2.69. The van der Waals surface area contributed by atoms with E-state index in [1.54, 1.807) is 0 Å². The molecule has 4 heteroatoms. The molecular formula is C17H21NO3. The van der Waals surface area contributed by atoms with Crippen LogP contribution in [0.25, 0.3) is 0 Å². The van der Waals surface area contributed by atoms with Crippen molar-refractivity contribution in [3.05, 3.63) is 34.9 Å². The van der Waals surface area contributed by atoms with E-state index in [-0.39, 0.29) is 12.3 Å². The molecule has 0 aliphatic heterocycles. The summed E-state index contributed by atoms with van der Waals surface area (Å²) in [6.07, 6.45) is 6.61. The van der Waals surface area contributed by atoms with Gasteiger partial charge in [0.25, 0.3) is 5.91 Å². The molecule has 1 aromatic rings. The molecule has 2 aliphatic carbocycles. The lowest BCUT2D eigenvalue weighted by Gasteiger charge is -2.29. The van der Waals surface area contributed by atoms with Crippen molar-refractivity contribution in [3.8, 4) is 0 Å². The second kappa shape index (κ2) is 5.51. The van der Waals surface area contributed by atoms with Gasteiger partial charge in [0.2, 0.25) is 0 Å². The maximum atomic E-state index is 12.6. The molecule has 1 aromatic carbocycles. The lowest BCUT2D eigenvalue weighted by molar-refractivity contribution is -0.138. The average molecular weight is 287 g/mol. The van der Waals surface area contributed by atoms with Gasteiger partial charge in [0.1, 0.15) is 0 Å². The summed E-state index contributed by atoms with van der Waals surface area (Å²) in [5, 5.41) is 12.2.